The normalized spacial score (nSPS) is 21.2. The van der Waals surface area contributed by atoms with Crippen molar-refractivity contribution < 1.29 is 4.74 Å². The van der Waals surface area contributed by atoms with Crippen LogP contribution in [0, 0.1) is 17.2 Å². The molecule has 0 saturated heterocycles. The highest BCUT2D eigenvalue weighted by Gasteiger charge is 2.39. The third kappa shape index (κ3) is 5.45. The molecule has 2 atom stereocenters. The molecule has 0 aliphatic heterocycles. The minimum absolute atomic E-state index is 0.358. The summed E-state index contributed by atoms with van der Waals surface area (Å²) in [5, 5.41) is 10.2. The van der Waals surface area contributed by atoms with E-state index in [1.54, 1.807) is 0 Å². The van der Waals surface area contributed by atoms with E-state index in [2.05, 4.69) is 68.4 Å². The van der Waals surface area contributed by atoms with Crippen molar-refractivity contribution in [2.24, 2.45) is 5.92 Å². The van der Waals surface area contributed by atoms with Gasteiger partial charge in [-0.3, -0.25) is 0 Å². The van der Waals surface area contributed by atoms with Crippen LogP contribution in [0.1, 0.15) is 83.6 Å². The zero-order valence-electron chi connectivity index (χ0n) is 18.8. The van der Waals surface area contributed by atoms with Crippen molar-refractivity contribution in [1.82, 2.24) is 0 Å². The fraction of sp³-hybridized carbons (Fsp3) is 0.536. The largest absolute Gasteiger partial charge is 0.494 e. The third-order valence-corrected chi connectivity index (χ3v) is 6.77. The summed E-state index contributed by atoms with van der Waals surface area (Å²) in [6, 6.07) is 19.7. The highest BCUT2D eigenvalue weighted by atomic mass is 16.5. The van der Waals surface area contributed by atoms with E-state index in [1.807, 2.05) is 0 Å². The second-order valence-electron chi connectivity index (χ2n) is 8.90. The lowest BCUT2D eigenvalue weighted by molar-refractivity contribution is 0.265. The molecule has 2 unspecified atom stereocenters. The summed E-state index contributed by atoms with van der Waals surface area (Å²) in [7, 11) is 0. The second-order valence-corrected chi connectivity index (χ2v) is 8.90. The molecule has 0 heterocycles. The van der Waals surface area contributed by atoms with Gasteiger partial charge < -0.3 is 4.74 Å². The van der Waals surface area contributed by atoms with E-state index in [1.165, 1.54) is 48.8 Å². The Balaban J connectivity index is 1.73. The average Bonchev–Trinajstić information content (AvgIpc) is 2.81. The molecule has 1 aliphatic carbocycles. The second kappa shape index (κ2) is 11.2. The van der Waals surface area contributed by atoms with Crippen molar-refractivity contribution in [3.05, 3.63) is 54.1 Å². The van der Waals surface area contributed by atoms with E-state index >= 15 is 0 Å². The van der Waals surface area contributed by atoms with E-state index in [0.29, 0.717) is 5.92 Å². The van der Waals surface area contributed by atoms with Gasteiger partial charge in [-0.05, 0) is 54.0 Å². The van der Waals surface area contributed by atoms with Gasteiger partial charge in [-0.15, -0.1) is 0 Å². The van der Waals surface area contributed by atoms with E-state index in [-0.39, 0.29) is 5.41 Å². The first-order valence-corrected chi connectivity index (χ1v) is 12.0. The van der Waals surface area contributed by atoms with Crippen molar-refractivity contribution in [3.63, 3.8) is 0 Å². The maximum atomic E-state index is 10.2. The van der Waals surface area contributed by atoms with Gasteiger partial charge in [-0.2, -0.15) is 5.26 Å². The summed E-state index contributed by atoms with van der Waals surface area (Å²) in [4.78, 5) is 0. The topological polar surface area (TPSA) is 33.0 Å². The van der Waals surface area contributed by atoms with Crippen molar-refractivity contribution in [2.45, 2.75) is 83.5 Å². The number of benzene rings is 2. The van der Waals surface area contributed by atoms with Gasteiger partial charge in [0.15, 0.2) is 0 Å². The van der Waals surface area contributed by atoms with Crippen molar-refractivity contribution in [1.29, 1.82) is 5.26 Å². The summed E-state index contributed by atoms with van der Waals surface area (Å²) < 4.78 is 5.94. The lowest BCUT2D eigenvalue weighted by Gasteiger charge is -2.37. The van der Waals surface area contributed by atoms with Crippen LogP contribution in [-0.4, -0.2) is 6.61 Å². The van der Waals surface area contributed by atoms with Gasteiger partial charge in [-0.25, -0.2) is 0 Å². The standard InChI is InChI=1S/C28H37NO/c1-3-5-6-7-10-20-30-25-17-15-24(16-18-25)26-13-8-9-14-27(26)28(22-29)19-11-12-23(4-2)21-28/h8-9,13-18,23H,3-7,10-12,19-21H2,1-2H3. The van der Waals surface area contributed by atoms with Gasteiger partial charge in [0.2, 0.25) is 0 Å². The Morgan fingerprint density at radius 2 is 1.77 bits per heavy atom. The summed E-state index contributed by atoms with van der Waals surface area (Å²) >= 11 is 0. The predicted molar refractivity (Wildman–Crippen MR) is 126 cm³/mol. The molecule has 0 bridgehead atoms. The summed E-state index contributed by atoms with van der Waals surface area (Å²) in [5.41, 5.74) is 3.22. The van der Waals surface area contributed by atoms with Crippen LogP contribution in [0.3, 0.4) is 0 Å². The predicted octanol–water partition coefficient (Wildman–Crippen LogP) is 8.06. The van der Waals surface area contributed by atoms with Gasteiger partial charge >= 0.3 is 0 Å². The Hall–Kier alpha value is -2.27. The van der Waals surface area contributed by atoms with Crippen LogP contribution in [0.4, 0.5) is 0 Å². The van der Waals surface area contributed by atoms with Crippen LogP contribution in [0.5, 0.6) is 5.75 Å². The Bertz CT molecular complexity index is 819. The van der Waals surface area contributed by atoms with E-state index in [4.69, 9.17) is 4.74 Å². The molecule has 1 saturated carbocycles. The van der Waals surface area contributed by atoms with Crippen LogP contribution < -0.4 is 4.74 Å². The number of nitriles is 1. The molecule has 1 aliphatic rings. The molecule has 0 spiro atoms. The Labute approximate surface area is 183 Å². The molecule has 0 N–H and O–H groups in total. The molecule has 3 rings (SSSR count). The van der Waals surface area contributed by atoms with Crippen LogP contribution in [0.2, 0.25) is 0 Å². The third-order valence-electron chi connectivity index (χ3n) is 6.77. The van der Waals surface area contributed by atoms with Crippen LogP contribution in [0.25, 0.3) is 11.1 Å². The molecule has 2 aromatic carbocycles. The monoisotopic (exact) mass is 403 g/mol. The fourth-order valence-corrected chi connectivity index (χ4v) is 4.92. The highest BCUT2D eigenvalue weighted by molar-refractivity contribution is 5.70. The first-order chi connectivity index (χ1) is 14.7. The summed E-state index contributed by atoms with van der Waals surface area (Å²) in [6.45, 7) is 5.28. The van der Waals surface area contributed by atoms with E-state index in [0.717, 1.165) is 44.5 Å². The van der Waals surface area contributed by atoms with Crippen LogP contribution in [-0.2, 0) is 5.41 Å². The molecule has 2 nitrogen and oxygen atoms in total. The van der Waals surface area contributed by atoms with Crippen molar-refractivity contribution in [3.8, 4) is 22.9 Å². The molecular formula is C28H37NO. The lowest BCUT2D eigenvalue weighted by Crippen LogP contribution is -2.32. The maximum absolute atomic E-state index is 10.2. The molecule has 0 aromatic heterocycles. The maximum Gasteiger partial charge on any atom is 0.119 e. The molecule has 2 aromatic rings. The lowest BCUT2D eigenvalue weighted by atomic mass is 9.65. The first-order valence-electron chi connectivity index (χ1n) is 12.0. The molecule has 2 heteroatoms. The summed E-state index contributed by atoms with van der Waals surface area (Å²) in [5.74, 6) is 1.59. The van der Waals surface area contributed by atoms with E-state index in [9.17, 15) is 5.26 Å². The first kappa shape index (κ1) is 22.4. The minimum atomic E-state index is -0.358. The molecule has 0 amide bonds. The Morgan fingerprint density at radius 1 is 1.00 bits per heavy atom. The van der Waals surface area contributed by atoms with Gasteiger partial charge in [0.05, 0.1) is 18.1 Å². The van der Waals surface area contributed by atoms with Gasteiger partial charge in [0.25, 0.3) is 0 Å². The van der Waals surface area contributed by atoms with Crippen molar-refractivity contribution in [2.75, 3.05) is 6.61 Å². The highest BCUT2D eigenvalue weighted by Crippen LogP contribution is 2.46. The fourth-order valence-electron chi connectivity index (χ4n) is 4.92. The zero-order valence-corrected chi connectivity index (χ0v) is 18.8. The van der Waals surface area contributed by atoms with Crippen LogP contribution >= 0.6 is 0 Å². The average molecular weight is 404 g/mol. The zero-order chi connectivity index (χ0) is 21.2. The van der Waals surface area contributed by atoms with E-state index < -0.39 is 0 Å². The Morgan fingerprint density at radius 3 is 2.50 bits per heavy atom. The van der Waals surface area contributed by atoms with Gasteiger partial charge in [-0.1, -0.05) is 95.2 Å². The molecule has 30 heavy (non-hydrogen) atoms. The number of hydrogen-bond acceptors (Lipinski definition) is 2. The van der Waals surface area contributed by atoms with Crippen LogP contribution in [0.15, 0.2) is 48.5 Å². The summed E-state index contributed by atoms with van der Waals surface area (Å²) in [6.07, 6.45) is 11.8. The van der Waals surface area contributed by atoms with Crippen molar-refractivity contribution >= 4 is 0 Å². The quantitative estimate of drug-likeness (QED) is 0.376. The number of hydrogen-bond donors (Lipinski definition) is 0. The molecule has 160 valence electrons. The number of ether oxygens (including phenoxy) is 1. The molecular weight excluding hydrogens is 366 g/mol. The molecule has 0 radical (unpaired) electrons. The number of unbranched alkanes of at least 4 members (excludes halogenated alkanes) is 4. The Kier molecular flexibility index (Phi) is 8.38. The smallest absolute Gasteiger partial charge is 0.119 e. The number of nitrogens with zero attached hydrogens (tertiary/aromatic N) is 1. The number of rotatable bonds is 10. The SMILES string of the molecule is CCCCCCCOc1ccc(-c2ccccc2C2(C#N)CCCC(CC)C2)cc1. The minimum Gasteiger partial charge on any atom is -0.494 e. The molecule has 1 fully saturated rings. The van der Waals surface area contributed by atoms with Gasteiger partial charge in [0.1, 0.15) is 5.75 Å². The van der Waals surface area contributed by atoms with Gasteiger partial charge in [0, 0.05) is 0 Å².